The molecule has 2 atom stereocenters. The summed E-state index contributed by atoms with van der Waals surface area (Å²) in [4.78, 5) is 29.3. The molecule has 1 aromatic rings. The zero-order valence-corrected chi connectivity index (χ0v) is 9.82. The van der Waals surface area contributed by atoms with Gasteiger partial charge in [0.2, 0.25) is 5.91 Å². The van der Waals surface area contributed by atoms with Gasteiger partial charge in [0.25, 0.3) is 0 Å². The Kier molecular flexibility index (Phi) is 2.54. The molecule has 0 bridgehead atoms. The first-order valence-electron chi connectivity index (χ1n) is 6.13. The van der Waals surface area contributed by atoms with Crippen molar-refractivity contribution in [1.82, 2.24) is 9.88 Å². The summed E-state index contributed by atoms with van der Waals surface area (Å²) < 4.78 is 0. The number of carbonyl (C=O) groups is 2. The van der Waals surface area contributed by atoms with Crippen LogP contribution < -0.4 is 0 Å². The third-order valence-corrected chi connectivity index (χ3v) is 3.61. The summed E-state index contributed by atoms with van der Waals surface area (Å²) in [6.07, 6.45) is 3.68. The molecule has 18 heavy (non-hydrogen) atoms. The van der Waals surface area contributed by atoms with Gasteiger partial charge in [-0.3, -0.25) is 14.6 Å². The number of hydrogen-bond acceptors (Lipinski definition) is 3. The second-order valence-corrected chi connectivity index (χ2v) is 4.88. The molecule has 1 N–H and O–H groups in total. The molecule has 1 aliphatic heterocycles. The summed E-state index contributed by atoms with van der Waals surface area (Å²) in [6, 6.07) is 5.24. The summed E-state index contributed by atoms with van der Waals surface area (Å²) in [5.41, 5.74) is 0.683. The summed E-state index contributed by atoms with van der Waals surface area (Å²) in [5.74, 6) is -1.64. The van der Waals surface area contributed by atoms with Gasteiger partial charge in [-0.05, 0) is 25.0 Å². The van der Waals surface area contributed by atoms with Crippen LogP contribution in [0.3, 0.4) is 0 Å². The molecule has 3 rings (SSSR count). The maximum absolute atomic E-state index is 12.0. The van der Waals surface area contributed by atoms with Crippen LogP contribution >= 0.6 is 0 Å². The second-order valence-electron chi connectivity index (χ2n) is 4.88. The van der Waals surface area contributed by atoms with E-state index in [1.165, 1.54) is 0 Å². The van der Waals surface area contributed by atoms with Crippen molar-refractivity contribution in [2.45, 2.75) is 31.3 Å². The molecule has 5 nitrogen and oxygen atoms in total. The predicted molar refractivity (Wildman–Crippen MR) is 62.6 cm³/mol. The van der Waals surface area contributed by atoms with Crippen molar-refractivity contribution < 1.29 is 14.7 Å². The number of carbonyl (C=O) groups excluding carboxylic acids is 1. The summed E-state index contributed by atoms with van der Waals surface area (Å²) in [6.45, 7) is 0. The number of carboxylic acid groups (broad SMARTS) is 1. The van der Waals surface area contributed by atoms with Gasteiger partial charge in [0.05, 0.1) is 17.7 Å². The van der Waals surface area contributed by atoms with Crippen LogP contribution in [0.15, 0.2) is 24.4 Å². The number of hydrogen-bond donors (Lipinski definition) is 1. The average molecular weight is 246 g/mol. The van der Waals surface area contributed by atoms with Crippen LogP contribution in [0, 0.1) is 5.92 Å². The monoisotopic (exact) mass is 246 g/mol. The Balaban J connectivity index is 1.99. The number of nitrogens with zero attached hydrogens (tertiary/aromatic N) is 2. The highest BCUT2D eigenvalue weighted by Crippen LogP contribution is 2.44. The van der Waals surface area contributed by atoms with Crippen molar-refractivity contribution in [3.05, 3.63) is 30.1 Å². The van der Waals surface area contributed by atoms with E-state index in [1.807, 2.05) is 6.07 Å². The molecule has 0 aromatic carbocycles. The highest BCUT2D eigenvalue weighted by Gasteiger charge is 2.50. The van der Waals surface area contributed by atoms with E-state index in [0.29, 0.717) is 5.69 Å². The first-order valence-corrected chi connectivity index (χ1v) is 6.13. The molecule has 5 heteroatoms. The van der Waals surface area contributed by atoms with Gasteiger partial charge in [0.1, 0.15) is 0 Å². The summed E-state index contributed by atoms with van der Waals surface area (Å²) in [7, 11) is 0. The van der Waals surface area contributed by atoms with E-state index in [2.05, 4.69) is 4.98 Å². The lowest BCUT2D eigenvalue weighted by atomic mass is 9.97. The Bertz CT molecular complexity index is 484. The molecular formula is C13H14N2O3. The number of carboxylic acids is 1. The molecule has 1 saturated heterocycles. The maximum Gasteiger partial charge on any atom is 0.309 e. The first kappa shape index (κ1) is 11.2. The topological polar surface area (TPSA) is 70.5 Å². The molecule has 2 aliphatic rings. The molecule has 2 unspecified atom stereocenters. The van der Waals surface area contributed by atoms with Gasteiger partial charge in [-0.15, -0.1) is 0 Å². The molecule has 1 aromatic heterocycles. The maximum atomic E-state index is 12.0. The van der Waals surface area contributed by atoms with Gasteiger partial charge in [-0.25, -0.2) is 0 Å². The van der Waals surface area contributed by atoms with E-state index in [1.54, 1.807) is 23.2 Å². The fourth-order valence-electron chi connectivity index (χ4n) is 2.66. The smallest absolute Gasteiger partial charge is 0.309 e. The number of aromatic nitrogens is 1. The molecule has 2 heterocycles. The number of amides is 1. The standard InChI is InChI=1S/C13H14N2O3/c16-11-7-9(13(17)18)12(15(11)8-4-5-8)10-3-1-2-6-14-10/h1-3,6,8-9,12H,4-5,7H2,(H,17,18). The van der Waals surface area contributed by atoms with Crippen LogP contribution in [0.5, 0.6) is 0 Å². The van der Waals surface area contributed by atoms with Gasteiger partial charge >= 0.3 is 5.97 Å². The SMILES string of the molecule is O=C(O)C1CC(=O)N(C2CC2)C1c1ccccn1. The van der Waals surface area contributed by atoms with E-state index in [-0.39, 0.29) is 18.4 Å². The Morgan fingerprint density at radius 1 is 1.39 bits per heavy atom. The zero-order chi connectivity index (χ0) is 12.7. The zero-order valence-electron chi connectivity index (χ0n) is 9.82. The number of aliphatic carboxylic acids is 1. The lowest BCUT2D eigenvalue weighted by Crippen LogP contribution is -2.32. The van der Waals surface area contributed by atoms with Gasteiger partial charge in [0, 0.05) is 18.7 Å². The Morgan fingerprint density at radius 2 is 2.17 bits per heavy atom. The van der Waals surface area contributed by atoms with Crippen LogP contribution in [0.25, 0.3) is 0 Å². The largest absolute Gasteiger partial charge is 0.481 e. The normalized spacial score (nSPS) is 27.6. The second kappa shape index (κ2) is 4.08. The van der Waals surface area contributed by atoms with Crippen LogP contribution in [0.4, 0.5) is 0 Å². The Hall–Kier alpha value is -1.91. The third kappa shape index (κ3) is 1.75. The van der Waals surface area contributed by atoms with E-state index in [0.717, 1.165) is 12.8 Å². The molecular weight excluding hydrogens is 232 g/mol. The van der Waals surface area contributed by atoms with E-state index in [9.17, 15) is 14.7 Å². The van der Waals surface area contributed by atoms with Crippen molar-refractivity contribution in [3.8, 4) is 0 Å². The van der Waals surface area contributed by atoms with Crippen molar-refractivity contribution in [2.24, 2.45) is 5.92 Å². The minimum atomic E-state index is -0.915. The fraction of sp³-hybridized carbons (Fsp3) is 0.462. The van der Waals surface area contributed by atoms with Crippen molar-refractivity contribution >= 4 is 11.9 Å². The van der Waals surface area contributed by atoms with Crippen molar-refractivity contribution in [1.29, 1.82) is 0 Å². The number of pyridine rings is 1. The Labute approximate surface area is 104 Å². The predicted octanol–water partition coefficient (Wildman–Crippen LogP) is 1.22. The van der Waals surface area contributed by atoms with E-state index >= 15 is 0 Å². The van der Waals surface area contributed by atoms with Crippen LogP contribution in [-0.4, -0.2) is 32.9 Å². The van der Waals surface area contributed by atoms with Gasteiger partial charge in [-0.1, -0.05) is 6.07 Å². The minimum Gasteiger partial charge on any atom is -0.481 e. The molecule has 94 valence electrons. The van der Waals surface area contributed by atoms with Crippen molar-refractivity contribution in [3.63, 3.8) is 0 Å². The van der Waals surface area contributed by atoms with Gasteiger partial charge in [0.15, 0.2) is 0 Å². The van der Waals surface area contributed by atoms with E-state index < -0.39 is 17.9 Å². The highest BCUT2D eigenvalue weighted by atomic mass is 16.4. The third-order valence-electron chi connectivity index (χ3n) is 3.61. The number of likely N-dealkylation sites (tertiary alicyclic amines) is 1. The minimum absolute atomic E-state index is 0.0550. The average Bonchev–Trinajstić information content (AvgIpc) is 3.13. The lowest BCUT2D eigenvalue weighted by molar-refractivity contribution is -0.142. The summed E-state index contributed by atoms with van der Waals surface area (Å²) in [5, 5.41) is 9.28. The molecule has 1 aliphatic carbocycles. The Morgan fingerprint density at radius 3 is 2.72 bits per heavy atom. The molecule has 1 saturated carbocycles. The first-order chi connectivity index (χ1) is 8.68. The van der Waals surface area contributed by atoms with Crippen molar-refractivity contribution in [2.75, 3.05) is 0 Å². The molecule has 0 spiro atoms. The van der Waals surface area contributed by atoms with Crippen LogP contribution in [-0.2, 0) is 9.59 Å². The molecule has 1 amide bonds. The van der Waals surface area contributed by atoms with Crippen LogP contribution in [0.2, 0.25) is 0 Å². The van der Waals surface area contributed by atoms with Crippen LogP contribution in [0.1, 0.15) is 31.0 Å². The lowest BCUT2D eigenvalue weighted by Gasteiger charge is -2.26. The fourth-order valence-corrected chi connectivity index (χ4v) is 2.66. The van der Waals surface area contributed by atoms with Gasteiger partial charge < -0.3 is 10.0 Å². The summed E-state index contributed by atoms with van der Waals surface area (Å²) >= 11 is 0. The number of rotatable bonds is 3. The highest BCUT2D eigenvalue weighted by molar-refractivity contribution is 5.87. The quantitative estimate of drug-likeness (QED) is 0.870. The molecule has 2 fully saturated rings. The van der Waals surface area contributed by atoms with Gasteiger partial charge in [-0.2, -0.15) is 0 Å². The molecule has 0 radical (unpaired) electrons. The van der Waals surface area contributed by atoms with E-state index in [4.69, 9.17) is 0 Å².